The average molecular weight is 331 g/mol. The summed E-state index contributed by atoms with van der Waals surface area (Å²) in [5, 5.41) is 10.9. The fourth-order valence-corrected chi connectivity index (χ4v) is 3.42. The molecule has 6 nitrogen and oxygen atoms in total. The summed E-state index contributed by atoms with van der Waals surface area (Å²) in [6.45, 7) is 1.13. The lowest BCUT2D eigenvalue weighted by atomic mass is 9.79. The van der Waals surface area contributed by atoms with Crippen LogP contribution in [0.2, 0.25) is 0 Å². The first-order valence-corrected chi connectivity index (χ1v) is 8.04. The molecule has 24 heavy (non-hydrogen) atoms. The monoisotopic (exact) mass is 331 g/mol. The van der Waals surface area contributed by atoms with Crippen LogP contribution in [-0.4, -0.2) is 39.1 Å². The Labute approximate surface area is 138 Å². The lowest BCUT2D eigenvalue weighted by Crippen LogP contribution is -2.42. The van der Waals surface area contributed by atoms with Crippen molar-refractivity contribution in [2.45, 2.75) is 37.1 Å². The average Bonchev–Trinajstić information content (AvgIpc) is 3.07. The number of pyridine rings is 1. The maximum Gasteiger partial charge on any atom is 0.168 e. The van der Waals surface area contributed by atoms with Gasteiger partial charge >= 0.3 is 0 Å². The molecule has 1 saturated heterocycles. The Morgan fingerprint density at radius 3 is 2.29 bits per heavy atom. The lowest BCUT2D eigenvalue weighted by Gasteiger charge is -2.40. The van der Waals surface area contributed by atoms with E-state index in [0.717, 1.165) is 0 Å². The van der Waals surface area contributed by atoms with Crippen molar-refractivity contribution in [3.63, 3.8) is 0 Å². The first-order valence-electron chi connectivity index (χ1n) is 8.04. The van der Waals surface area contributed by atoms with Gasteiger partial charge in [0.2, 0.25) is 0 Å². The maximum atomic E-state index is 14.6. The molecule has 1 N–H and O–H groups in total. The van der Waals surface area contributed by atoms with E-state index in [2.05, 4.69) is 15.0 Å². The first kappa shape index (κ1) is 15.6. The quantitative estimate of drug-likeness (QED) is 0.909. The molecule has 2 aromatic rings. The van der Waals surface area contributed by atoms with E-state index in [1.807, 2.05) is 0 Å². The van der Waals surface area contributed by atoms with Gasteiger partial charge in [-0.2, -0.15) is 0 Å². The Bertz CT molecular complexity index is 725. The van der Waals surface area contributed by atoms with E-state index in [1.54, 1.807) is 18.5 Å². The third kappa shape index (κ3) is 2.68. The van der Waals surface area contributed by atoms with E-state index in [0.29, 0.717) is 50.3 Å². The molecule has 0 amide bonds. The topological polar surface area (TPSA) is 77.4 Å². The third-order valence-corrected chi connectivity index (χ3v) is 4.76. The molecular weight excluding hydrogens is 313 g/mol. The third-order valence-electron chi connectivity index (χ3n) is 4.76. The smallest absolute Gasteiger partial charge is 0.168 e. The van der Waals surface area contributed by atoms with Crippen LogP contribution in [-0.2, 0) is 15.1 Å². The van der Waals surface area contributed by atoms with Gasteiger partial charge in [0, 0.05) is 37.0 Å². The van der Waals surface area contributed by atoms with E-state index in [-0.39, 0.29) is 5.69 Å². The van der Waals surface area contributed by atoms with E-state index in [1.165, 1.54) is 12.3 Å². The molecule has 1 saturated carbocycles. The molecule has 2 fully saturated rings. The van der Waals surface area contributed by atoms with E-state index < -0.39 is 17.2 Å². The number of nitrogens with zero attached hydrogens (tertiary/aromatic N) is 3. The van der Waals surface area contributed by atoms with Gasteiger partial charge in [-0.05, 0) is 25.0 Å². The Hall–Kier alpha value is -1.96. The van der Waals surface area contributed by atoms with Crippen LogP contribution in [0.25, 0.3) is 11.4 Å². The summed E-state index contributed by atoms with van der Waals surface area (Å²) >= 11 is 0. The van der Waals surface area contributed by atoms with Gasteiger partial charge in [-0.25, -0.2) is 14.4 Å². The lowest BCUT2D eigenvalue weighted by molar-refractivity contribution is -0.205. The SMILES string of the molecule is OC1(c2ncc(-c3ncccn3)cc2F)CCC2(CC1)OCCO2. The number of hydrogen-bond donors (Lipinski definition) is 1. The van der Waals surface area contributed by atoms with Gasteiger partial charge < -0.3 is 14.6 Å². The zero-order chi connectivity index (χ0) is 16.6. The summed E-state index contributed by atoms with van der Waals surface area (Å²) in [6, 6.07) is 3.01. The maximum absolute atomic E-state index is 14.6. The number of aliphatic hydroxyl groups is 1. The predicted molar refractivity (Wildman–Crippen MR) is 82.2 cm³/mol. The standard InChI is InChI=1S/C17H18FN3O3/c18-13-10-12(15-19-6-1-7-20-15)11-21-14(13)16(22)2-4-17(5-3-16)23-8-9-24-17/h1,6-7,10-11,22H,2-5,8-9H2. The molecule has 1 aliphatic heterocycles. The van der Waals surface area contributed by atoms with Crippen LogP contribution in [0.15, 0.2) is 30.7 Å². The summed E-state index contributed by atoms with van der Waals surface area (Å²) in [5.41, 5.74) is -0.758. The molecule has 3 heterocycles. The molecule has 0 aromatic carbocycles. The molecule has 126 valence electrons. The van der Waals surface area contributed by atoms with Crippen molar-refractivity contribution in [2.75, 3.05) is 13.2 Å². The first-order chi connectivity index (χ1) is 11.6. The van der Waals surface area contributed by atoms with Crippen LogP contribution < -0.4 is 0 Å². The van der Waals surface area contributed by atoms with E-state index >= 15 is 0 Å². The van der Waals surface area contributed by atoms with Gasteiger partial charge in [0.15, 0.2) is 11.6 Å². The Balaban J connectivity index is 1.58. The van der Waals surface area contributed by atoms with Crippen molar-refractivity contribution in [1.29, 1.82) is 0 Å². The van der Waals surface area contributed by atoms with Gasteiger partial charge in [-0.3, -0.25) is 4.98 Å². The van der Waals surface area contributed by atoms with Crippen molar-refractivity contribution >= 4 is 0 Å². The van der Waals surface area contributed by atoms with Gasteiger partial charge in [0.1, 0.15) is 17.1 Å². The summed E-state index contributed by atoms with van der Waals surface area (Å²) in [7, 11) is 0. The van der Waals surface area contributed by atoms with Gasteiger partial charge in [-0.1, -0.05) is 0 Å². The van der Waals surface area contributed by atoms with Crippen molar-refractivity contribution in [3.05, 3.63) is 42.2 Å². The van der Waals surface area contributed by atoms with Crippen LogP contribution in [0.5, 0.6) is 0 Å². The highest BCUT2D eigenvalue weighted by Crippen LogP contribution is 2.45. The molecule has 0 radical (unpaired) electrons. The van der Waals surface area contributed by atoms with Crippen LogP contribution >= 0.6 is 0 Å². The number of ether oxygens (including phenoxy) is 2. The minimum absolute atomic E-state index is 0.0648. The Morgan fingerprint density at radius 1 is 1.00 bits per heavy atom. The highest BCUT2D eigenvalue weighted by molar-refractivity contribution is 5.53. The molecule has 0 atom stereocenters. The molecule has 4 rings (SSSR count). The summed E-state index contributed by atoms with van der Waals surface area (Å²) in [6.07, 6.45) is 6.41. The normalized spacial score (nSPS) is 21.9. The minimum Gasteiger partial charge on any atom is -0.383 e. The number of aromatic nitrogens is 3. The molecule has 0 unspecified atom stereocenters. The molecular formula is C17H18FN3O3. The van der Waals surface area contributed by atoms with Crippen LogP contribution in [0.3, 0.4) is 0 Å². The van der Waals surface area contributed by atoms with Gasteiger partial charge in [-0.15, -0.1) is 0 Å². The fraction of sp³-hybridized carbons (Fsp3) is 0.471. The molecule has 2 aromatic heterocycles. The number of halogens is 1. The molecule has 7 heteroatoms. The largest absolute Gasteiger partial charge is 0.383 e. The number of rotatable bonds is 2. The zero-order valence-corrected chi connectivity index (χ0v) is 13.1. The van der Waals surface area contributed by atoms with Crippen molar-refractivity contribution in [1.82, 2.24) is 15.0 Å². The minimum atomic E-state index is -1.30. The Kier molecular flexibility index (Phi) is 3.79. The second-order valence-corrected chi connectivity index (χ2v) is 6.27. The van der Waals surface area contributed by atoms with Crippen LogP contribution in [0, 0.1) is 5.82 Å². The van der Waals surface area contributed by atoms with Crippen molar-refractivity contribution < 1.29 is 19.0 Å². The Morgan fingerprint density at radius 2 is 1.67 bits per heavy atom. The summed E-state index contributed by atoms with van der Waals surface area (Å²) < 4.78 is 25.9. The molecule has 2 aliphatic rings. The second kappa shape index (κ2) is 5.84. The van der Waals surface area contributed by atoms with Crippen LogP contribution in [0.4, 0.5) is 4.39 Å². The molecule has 1 aliphatic carbocycles. The van der Waals surface area contributed by atoms with Gasteiger partial charge in [0.25, 0.3) is 0 Å². The zero-order valence-electron chi connectivity index (χ0n) is 13.1. The van der Waals surface area contributed by atoms with Crippen molar-refractivity contribution in [3.8, 4) is 11.4 Å². The second-order valence-electron chi connectivity index (χ2n) is 6.27. The number of hydrogen-bond acceptors (Lipinski definition) is 6. The molecule has 0 bridgehead atoms. The highest BCUT2D eigenvalue weighted by Gasteiger charge is 2.47. The predicted octanol–water partition coefficient (Wildman–Crippen LogP) is 2.18. The fourth-order valence-electron chi connectivity index (χ4n) is 3.42. The summed E-state index contributed by atoms with van der Waals surface area (Å²) in [5.74, 6) is -0.759. The van der Waals surface area contributed by atoms with E-state index in [9.17, 15) is 9.50 Å². The summed E-state index contributed by atoms with van der Waals surface area (Å²) in [4.78, 5) is 12.3. The highest BCUT2D eigenvalue weighted by atomic mass is 19.1. The molecule has 1 spiro atoms. The van der Waals surface area contributed by atoms with Crippen molar-refractivity contribution in [2.24, 2.45) is 0 Å². The van der Waals surface area contributed by atoms with E-state index in [4.69, 9.17) is 9.47 Å². The van der Waals surface area contributed by atoms with Gasteiger partial charge in [0.05, 0.1) is 13.2 Å². The van der Waals surface area contributed by atoms with Crippen LogP contribution in [0.1, 0.15) is 31.4 Å².